The van der Waals surface area contributed by atoms with Gasteiger partial charge in [-0.25, -0.2) is 9.97 Å². The fourth-order valence-electron chi connectivity index (χ4n) is 4.04. The van der Waals surface area contributed by atoms with Gasteiger partial charge in [0.05, 0.1) is 22.4 Å². The SMILES string of the molecule is Cc1nc2ccc(C(=O)N3CCCC[C@H]3c3nc(-c4ccccc4)no3)cc2nc1C. The average Bonchev–Trinajstić information content (AvgIpc) is 3.30. The number of hydrogen-bond acceptors (Lipinski definition) is 6. The minimum absolute atomic E-state index is 0.0499. The molecule has 5 rings (SSSR count). The van der Waals surface area contributed by atoms with Gasteiger partial charge in [-0.05, 0) is 51.3 Å². The van der Waals surface area contributed by atoms with Crippen molar-refractivity contribution < 1.29 is 9.32 Å². The first-order chi connectivity index (χ1) is 15.1. The summed E-state index contributed by atoms with van der Waals surface area (Å²) in [7, 11) is 0. The summed E-state index contributed by atoms with van der Waals surface area (Å²) in [6, 6.07) is 15.0. The number of rotatable bonds is 3. The number of aromatic nitrogens is 4. The van der Waals surface area contributed by atoms with Crippen molar-refractivity contribution >= 4 is 16.9 Å². The maximum Gasteiger partial charge on any atom is 0.254 e. The Hall–Kier alpha value is -3.61. The largest absolute Gasteiger partial charge is 0.337 e. The first kappa shape index (κ1) is 19.4. The highest BCUT2D eigenvalue weighted by Crippen LogP contribution is 2.32. The number of aryl methyl sites for hydroxylation is 2. The van der Waals surface area contributed by atoms with Crippen LogP contribution in [0.15, 0.2) is 53.1 Å². The van der Waals surface area contributed by atoms with Gasteiger partial charge in [-0.2, -0.15) is 4.98 Å². The Kier molecular flexibility index (Phi) is 4.94. The second-order valence-corrected chi connectivity index (χ2v) is 7.93. The molecule has 7 heteroatoms. The smallest absolute Gasteiger partial charge is 0.254 e. The van der Waals surface area contributed by atoms with E-state index in [2.05, 4.69) is 20.1 Å². The van der Waals surface area contributed by atoms with Crippen LogP contribution in [0.25, 0.3) is 22.4 Å². The maximum absolute atomic E-state index is 13.4. The minimum Gasteiger partial charge on any atom is -0.337 e. The van der Waals surface area contributed by atoms with Crippen LogP contribution in [0.5, 0.6) is 0 Å². The van der Waals surface area contributed by atoms with Crippen LogP contribution in [0.4, 0.5) is 0 Å². The highest BCUT2D eigenvalue weighted by atomic mass is 16.5. The summed E-state index contributed by atoms with van der Waals surface area (Å²) in [5, 5.41) is 4.14. The monoisotopic (exact) mass is 413 g/mol. The molecule has 0 bridgehead atoms. The van der Waals surface area contributed by atoms with Gasteiger partial charge in [0.1, 0.15) is 6.04 Å². The zero-order valence-corrected chi connectivity index (χ0v) is 17.6. The van der Waals surface area contributed by atoms with E-state index in [1.54, 1.807) is 0 Å². The topological polar surface area (TPSA) is 85.0 Å². The number of benzene rings is 2. The molecular weight excluding hydrogens is 390 g/mol. The molecular formula is C24H23N5O2. The second-order valence-electron chi connectivity index (χ2n) is 7.93. The van der Waals surface area contributed by atoms with Gasteiger partial charge in [-0.3, -0.25) is 4.79 Å². The van der Waals surface area contributed by atoms with Crippen LogP contribution >= 0.6 is 0 Å². The normalized spacial score (nSPS) is 16.6. The predicted octanol–water partition coefficient (Wildman–Crippen LogP) is 4.66. The Morgan fingerprint density at radius 1 is 0.968 bits per heavy atom. The van der Waals surface area contributed by atoms with Crippen LogP contribution in [-0.4, -0.2) is 37.5 Å². The highest BCUT2D eigenvalue weighted by molar-refractivity contribution is 5.97. The van der Waals surface area contributed by atoms with E-state index in [9.17, 15) is 4.79 Å². The molecule has 7 nitrogen and oxygen atoms in total. The van der Waals surface area contributed by atoms with Gasteiger partial charge in [0.2, 0.25) is 11.7 Å². The average molecular weight is 413 g/mol. The van der Waals surface area contributed by atoms with Gasteiger partial charge in [0.15, 0.2) is 0 Å². The summed E-state index contributed by atoms with van der Waals surface area (Å²) < 4.78 is 5.60. The summed E-state index contributed by atoms with van der Waals surface area (Å²) in [6.45, 7) is 4.52. The molecule has 0 N–H and O–H groups in total. The van der Waals surface area contributed by atoms with Crippen molar-refractivity contribution in [3.05, 3.63) is 71.4 Å². The molecule has 1 fully saturated rings. The first-order valence-electron chi connectivity index (χ1n) is 10.5. The molecule has 1 saturated heterocycles. The second kappa shape index (κ2) is 7.91. The molecule has 156 valence electrons. The number of hydrogen-bond donors (Lipinski definition) is 0. The Balaban J connectivity index is 1.45. The zero-order chi connectivity index (χ0) is 21.4. The fourth-order valence-corrected chi connectivity index (χ4v) is 4.04. The molecule has 0 aliphatic carbocycles. The maximum atomic E-state index is 13.4. The summed E-state index contributed by atoms with van der Waals surface area (Å²) in [5.41, 5.74) is 4.77. The molecule has 2 aromatic heterocycles. The van der Waals surface area contributed by atoms with Gasteiger partial charge >= 0.3 is 0 Å². The molecule has 0 unspecified atom stereocenters. The lowest BCUT2D eigenvalue weighted by Gasteiger charge is -2.33. The van der Waals surface area contributed by atoms with Crippen LogP contribution in [0.3, 0.4) is 0 Å². The summed E-state index contributed by atoms with van der Waals surface area (Å²) in [5.74, 6) is 0.977. The Bertz CT molecular complexity index is 1250. The van der Waals surface area contributed by atoms with E-state index in [-0.39, 0.29) is 11.9 Å². The van der Waals surface area contributed by atoms with E-state index in [0.29, 0.717) is 23.8 Å². The Morgan fingerprint density at radius 2 is 1.74 bits per heavy atom. The zero-order valence-electron chi connectivity index (χ0n) is 17.6. The van der Waals surface area contributed by atoms with E-state index in [0.717, 1.165) is 47.2 Å². The number of carbonyl (C=O) groups excluding carboxylic acids is 1. The van der Waals surface area contributed by atoms with Crippen molar-refractivity contribution in [2.24, 2.45) is 0 Å². The number of amides is 1. The van der Waals surface area contributed by atoms with Crippen molar-refractivity contribution in [2.75, 3.05) is 6.54 Å². The lowest BCUT2D eigenvalue weighted by molar-refractivity contribution is 0.0561. The molecule has 0 saturated carbocycles. The molecule has 1 aliphatic heterocycles. The lowest BCUT2D eigenvalue weighted by Crippen LogP contribution is -2.38. The first-order valence-corrected chi connectivity index (χ1v) is 10.5. The molecule has 1 amide bonds. The molecule has 2 aromatic carbocycles. The molecule has 1 atom stereocenters. The minimum atomic E-state index is -0.229. The number of nitrogens with zero attached hydrogens (tertiary/aromatic N) is 5. The molecule has 0 radical (unpaired) electrons. The quantitative estimate of drug-likeness (QED) is 0.485. The van der Waals surface area contributed by atoms with Crippen molar-refractivity contribution in [2.45, 2.75) is 39.2 Å². The van der Waals surface area contributed by atoms with Crippen LogP contribution in [-0.2, 0) is 0 Å². The summed E-state index contributed by atoms with van der Waals surface area (Å²) in [4.78, 5) is 29.1. The number of piperidine rings is 1. The fraction of sp³-hybridized carbons (Fsp3) is 0.292. The number of carbonyl (C=O) groups is 1. The third kappa shape index (κ3) is 3.67. The van der Waals surface area contributed by atoms with Gasteiger partial charge in [-0.15, -0.1) is 0 Å². The number of likely N-dealkylation sites (tertiary alicyclic amines) is 1. The van der Waals surface area contributed by atoms with E-state index < -0.39 is 0 Å². The van der Waals surface area contributed by atoms with E-state index in [1.165, 1.54) is 0 Å². The van der Waals surface area contributed by atoms with Crippen molar-refractivity contribution in [1.29, 1.82) is 0 Å². The number of fused-ring (bicyclic) bond motifs is 1. The third-order valence-corrected chi connectivity index (χ3v) is 5.84. The molecule has 31 heavy (non-hydrogen) atoms. The molecule has 3 heterocycles. The van der Waals surface area contributed by atoms with E-state index in [1.807, 2.05) is 67.3 Å². The summed E-state index contributed by atoms with van der Waals surface area (Å²) >= 11 is 0. The van der Waals surface area contributed by atoms with Crippen LogP contribution in [0.1, 0.15) is 52.9 Å². The third-order valence-electron chi connectivity index (χ3n) is 5.84. The summed E-state index contributed by atoms with van der Waals surface area (Å²) in [6.07, 6.45) is 2.76. The van der Waals surface area contributed by atoms with Crippen molar-refractivity contribution in [3.63, 3.8) is 0 Å². The van der Waals surface area contributed by atoms with Crippen molar-refractivity contribution in [3.8, 4) is 11.4 Å². The van der Waals surface area contributed by atoms with Crippen molar-refractivity contribution in [1.82, 2.24) is 25.0 Å². The van der Waals surface area contributed by atoms with E-state index in [4.69, 9.17) is 4.52 Å². The molecule has 1 aliphatic rings. The van der Waals surface area contributed by atoms with Gasteiger partial charge in [0, 0.05) is 17.7 Å². The van der Waals surface area contributed by atoms with Gasteiger partial charge in [-0.1, -0.05) is 35.5 Å². The Labute approximate surface area is 180 Å². The van der Waals surface area contributed by atoms with E-state index >= 15 is 0 Å². The highest BCUT2D eigenvalue weighted by Gasteiger charge is 2.33. The lowest BCUT2D eigenvalue weighted by atomic mass is 10.0. The van der Waals surface area contributed by atoms with Crippen LogP contribution in [0, 0.1) is 13.8 Å². The van der Waals surface area contributed by atoms with Crippen LogP contribution < -0.4 is 0 Å². The molecule has 4 aromatic rings. The van der Waals surface area contributed by atoms with Gasteiger partial charge in [0.25, 0.3) is 5.91 Å². The molecule has 0 spiro atoms. The van der Waals surface area contributed by atoms with Crippen LogP contribution in [0.2, 0.25) is 0 Å². The Morgan fingerprint density at radius 3 is 2.55 bits per heavy atom. The standard InChI is InChI=1S/C24H23N5O2/c1-15-16(2)26-20-14-18(11-12-19(20)25-15)24(30)29-13-7-6-10-21(29)23-27-22(28-31-23)17-8-4-3-5-9-17/h3-5,8-9,11-12,14,21H,6-7,10,13H2,1-2H3/t21-/m0/s1. The van der Waals surface area contributed by atoms with Gasteiger partial charge < -0.3 is 9.42 Å². The predicted molar refractivity (Wildman–Crippen MR) is 116 cm³/mol.